The lowest BCUT2D eigenvalue weighted by Crippen LogP contribution is -1.97. The lowest BCUT2D eigenvalue weighted by molar-refractivity contribution is -0.119. The van der Waals surface area contributed by atoms with Crippen molar-refractivity contribution in [3.8, 4) is 0 Å². The van der Waals surface area contributed by atoms with Crippen LogP contribution in [0.4, 0.5) is 0 Å². The van der Waals surface area contributed by atoms with Crippen LogP contribution in [0.3, 0.4) is 0 Å². The Kier molecular flexibility index (Phi) is 22.9. The minimum Gasteiger partial charge on any atom is -0.300 e. The van der Waals surface area contributed by atoms with E-state index in [0.29, 0.717) is 5.78 Å². The Hall–Kier alpha value is -0.590. The Morgan fingerprint density at radius 2 is 0.815 bits per heavy atom. The normalized spacial score (nSPS) is 11.5. The monoisotopic (exact) mass is 378 g/mol. The zero-order chi connectivity index (χ0) is 19.8. The number of carbonyl (C=O) groups is 1. The van der Waals surface area contributed by atoms with E-state index in [4.69, 9.17) is 0 Å². The van der Waals surface area contributed by atoms with Gasteiger partial charge in [-0.1, -0.05) is 109 Å². The molecule has 0 spiro atoms. The van der Waals surface area contributed by atoms with E-state index in [1.54, 1.807) is 0 Å². The molecule has 0 radical (unpaired) electrons. The fraction of sp³-hybridized carbons (Fsp3) is 0.885. The molecule has 0 aromatic rings. The number of ketones is 1. The first kappa shape index (κ1) is 26.4. The van der Waals surface area contributed by atoms with E-state index in [9.17, 15) is 4.79 Å². The predicted octanol–water partition coefficient (Wildman–Crippen LogP) is 9.34. The minimum atomic E-state index is 0.503. The van der Waals surface area contributed by atoms with E-state index >= 15 is 0 Å². The number of unbranched alkanes of at least 4 members (excludes halogenated alkanes) is 16. The van der Waals surface area contributed by atoms with Crippen molar-refractivity contribution in [2.45, 2.75) is 149 Å². The highest BCUT2D eigenvalue weighted by atomic mass is 16.1. The van der Waals surface area contributed by atoms with Crippen LogP contribution in [0.1, 0.15) is 149 Å². The number of hydrogen-bond acceptors (Lipinski definition) is 1. The van der Waals surface area contributed by atoms with Gasteiger partial charge in [-0.3, -0.25) is 4.79 Å². The van der Waals surface area contributed by atoms with Crippen LogP contribution in [0.25, 0.3) is 0 Å². The van der Waals surface area contributed by atoms with Gasteiger partial charge in [-0.05, 0) is 38.5 Å². The smallest absolute Gasteiger partial charge is 0.132 e. The van der Waals surface area contributed by atoms with E-state index in [0.717, 1.165) is 25.7 Å². The Morgan fingerprint density at radius 1 is 0.481 bits per heavy atom. The van der Waals surface area contributed by atoms with E-state index < -0.39 is 0 Å². The van der Waals surface area contributed by atoms with Crippen LogP contribution in [-0.2, 0) is 4.79 Å². The van der Waals surface area contributed by atoms with Gasteiger partial charge in [-0.15, -0.1) is 0 Å². The summed E-state index contributed by atoms with van der Waals surface area (Å²) in [4.78, 5) is 11.9. The summed E-state index contributed by atoms with van der Waals surface area (Å²) < 4.78 is 0. The van der Waals surface area contributed by atoms with Gasteiger partial charge in [0.1, 0.15) is 5.78 Å². The first-order chi connectivity index (χ1) is 13.3. The summed E-state index contributed by atoms with van der Waals surface area (Å²) in [5, 5.41) is 0. The number of Topliss-reactive ketones (excluding diaryl/α,β-unsaturated/α-hetero) is 1. The standard InChI is InChI=1S/C26H50O/c1-3-5-7-9-11-12-13-14-15-16-17-18-19-21-23-25-26(27)24-22-20-10-8-6-4-2/h14-15H,3-13,16-25H2,1-2H3. The third kappa shape index (κ3) is 23.4. The van der Waals surface area contributed by atoms with Gasteiger partial charge in [0.05, 0.1) is 0 Å². The molecule has 0 amide bonds. The third-order valence-electron chi connectivity index (χ3n) is 5.53. The molecule has 27 heavy (non-hydrogen) atoms. The maximum atomic E-state index is 11.9. The van der Waals surface area contributed by atoms with Crippen molar-refractivity contribution in [3.05, 3.63) is 12.2 Å². The second-order valence-corrected chi connectivity index (χ2v) is 8.39. The van der Waals surface area contributed by atoms with E-state index in [-0.39, 0.29) is 0 Å². The lowest BCUT2D eigenvalue weighted by Gasteiger charge is -2.02. The molecule has 0 N–H and O–H groups in total. The fourth-order valence-corrected chi connectivity index (χ4v) is 3.62. The van der Waals surface area contributed by atoms with Gasteiger partial charge in [0.25, 0.3) is 0 Å². The van der Waals surface area contributed by atoms with Crippen LogP contribution in [0.2, 0.25) is 0 Å². The molecule has 0 saturated carbocycles. The molecule has 1 heteroatoms. The molecule has 0 fully saturated rings. The van der Waals surface area contributed by atoms with E-state index in [1.807, 2.05) is 0 Å². The molecule has 0 bridgehead atoms. The zero-order valence-electron chi connectivity index (χ0n) is 18.9. The molecule has 0 heterocycles. The van der Waals surface area contributed by atoms with Crippen molar-refractivity contribution >= 4 is 5.78 Å². The van der Waals surface area contributed by atoms with Gasteiger partial charge < -0.3 is 0 Å². The molecule has 0 unspecified atom stereocenters. The predicted molar refractivity (Wildman–Crippen MR) is 122 cm³/mol. The number of allylic oxidation sites excluding steroid dienone is 2. The Labute approximate surface area is 171 Å². The quantitative estimate of drug-likeness (QED) is 0.135. The second-order valence-electron chi connectivity index (χ2n) is 8.39. The second kappa shape index (κ2) is 23.4. The summed E-state index contributed by atoms with van der Waals surface area (Å²) >= 11 is 0. The first-order valence-electron chi connectivity index (χ1n) is 12.5. The Balaban J connectivity index is 3.19. The highest BCUT2D eigenvalue weighted by Gasteiger charge is 2.01. The fourth-order valence-electron chi connectivity index (χ4n) is 3.62. The lowest BCUT2D eigenvalue weighted by atomic mass is 10.0. The van der Waals surface area contributed by atoms with Crippen molar-refractivity contribution in [2.24, 2.45) is 0 Å². The van der Waals surface area contributed by atoms with Gasteiger partial charge in [-0.25, -0.2) is 0 Å². The molecular weight excluding hydrogens is 328 g/mol. The molecule has 0 aromatic carbocycles. The van der Waals surface area contributed by atoms with Crippen molar-refractivity contribution < 1.29 is 4.79 Å². The molecule has 0 aromatic heterocycles. The van der Waals surface area contributed by atoms with Crippen molar-refractivity contribution in [2.75, 3.05) is 0 Å². The topological polar surface area (TPSA) is 17.1 Å². The summed E-state index contributed by atoms with van der Waals surface area (Å²) in [5.74, 6) is 0.503. The average molecular weight is 379 g/mol. The maximum Gasteiger partial charge on any atom is 0.132 e. The highest BCUT2D eigenvalue weighted by Crippen LogP contribution is 2.12. The summed E-state index contributed by atoms with van der Waals surface area (Å²) in [6.07, 6.45) is 31.3. The van der Waals surface area contributed by atoms with Gasteiger partial charge in [0, 0.05) is 12.8 Å². The van der Waals surface area contributed by atoms with Crippen LogP contribution < -0.4 is 0 Å². The van der Waals surface area contributed by atoms with E-state index in [1.165, 1.54) is 109 Å². The average Bonchev–Trinajstić information content (AvgIpc) is 2.67. The third-order valence-corrected chi connectivity index (χ3v) is 5.53. The number of rotatable bonds is 22. The molecule has 0 aliphatic heterocycles. The Morgan fingerprint density at radius 3 is 1.22 bits per heavy atom. The van der Waals surface area contributed by atoms with Crippen molar-refractivity contribution in [1.82, 2.24) is 0 Å². The SMILES string of the molecule is CCCCCCCCC=CCCCCCCCC(=O)CCCCCCCC. The minimum absolute atomic E-state index is 0.503. The Bertz CT molecular complexity index is 318. The molecular formula is C26H50O. The van der Waals surface area contributed by atoms with Crippen LogP contribution in [0, 0.1) is 0 Å². The largest absolute Gasteiger partial charge is 0.300 e. The van der Waals surface area contributed by atoms with Gasteiger partial charge in [0.2, 0.25) is 0 Å². The van der Waals surface area contributed by atoms with Crippen LogP contribution in [0.15, 0.2) is 12.2 Å². The van der Waals surface area contributed by atoms with Crippen molar-refractivity contribution in [1.29, 1.82) is 0 Å². The molecule has 0 aliphatic rings. The number of carbonyl (C=O) groups excluding carboxylic acids is 1. The molecule has 160 valence electrons. The van der Waals surface area contributed by atoms with Gasteiger partial charge >= 0.3 is 0 Å². The van der Waals surface area contributed by atoms with Crippen LogP contribution >= 0.6 is 0 Å². The van der Waals surface area contributed by atoms with Gasteiger partial charge in [0.15, 0.2) is 0 Å². The first-order valence-corrected chi connectivity index (χ1v) is 12.5. The molecule has 0 aliphatic carbocycles. The maximum absolute atomic E-state index is 11.9. The van der Waals surface area contributed by atoms with Gasteiger partial charge in [-0.2, -0.15) is 0 Å². The zero-order valence-corrected chi connectivity index (χ0v) is 18.9. The van der Waals surface area contributed by atoms with Crippen LogP contribution in [0.5, 0.6) is 0 Å². The summed E-state index contributed by atoms with van der Waals surface area (Å²) in [6, 6.07) is 0. The summed E-state index contributed by atoms with van der Waals surface area (Å²) in [7, 11) is 0. The molecule has 0 saturated heterocycles. The molecule has 0 atom stereocenters. The summed E-state index contributed by atoms with van der Waals surface area (Å²) in [6.45, 7) is 4.52. The number of hydrogen-bond donors (Lipinski definition) is 0. The van der Waals surface area contributed by atoms with E-state index in [2.05, 4.69) is 26.0 Å². The van der Waals surface area contributed by atoms with Crippen LogP contribution in [-0.4, -0.2) is 5.78 Å². The van der Waals surface area contributed by atoms with Crippen molar-refractivity contribution in [3.63, 3.8) is 0 Å². The molecule has 1 nitrogen and oxygen atoms in total. The molecule has 0 rings (SSSR count). The summed E-state index contributed by atoms with van der Waals surface area (Å²) in [5.41, 5.74) is 0. The highest BCUT2D eigenvalue weighted by molar-refractivity contribution is 5.78.